The quantitative estimate of drug-likeness (QED) is 0.527. The minimum Gasteiger partial charge on any atom is -0.493 e. The average molecular weight is 509 g/mol. The van der Waals surface area contributed by atoms with Gasteiger partial charge in [0.2, 0.25) is 0 Å². The molecule has 174 valence electrons. The van der Waals surface area contributed by atoms with Crippen LogP contribution in [0.4, 0.5) is 9.18 Å². The highest BCUT2D eigenvalue weighted by atomic mass is 79.9. The molecule has 0 saturated carbocycles. The van der Waals surface area contributed by atoms with Crippen LogP contribution in [0, 0.1) is 11.7 Å². The van der Waals surface area contributed by atoms with Crippen molar-refractivity contribution < 1.29 is 23.4 Å². The number of hydrogen-bond donors (Lipinski definition) is 1. The Bertz CT molecular complexity index is 894. The summed E-state index contributed by atoms with van der Waals surface area (Å²) < 4.78 is 30.1. The number of carbonyl (C=O) groups is 1. The lowest BCUT2D eigenvalue weighted by molar-refractivity contribution is 0.0870. The lowest BCUT2D eigenvalue weighted by atomic mass is 9.98. The molecule has 0 radical (unpaired) electrons. The second-order valence-electron chi connectivity index (χ2n) is 7.94. The molecule has 0 bridgehead atoms. The van der Waals surface area contributed by atoms with Crippen LogP contribution < -0.4 is 14.8 Å². The number of amides is 1. The van der Waals surface area contributed by atoms with Crippen molar-refractivity contribution in [3.63, 3.8) is 0 Å². The van der Waals surface area contributed by atoms with Crippen molar-refractivity contribution in [1.82, 2.24) is 10.2 Å². The summed E-state index contributed by atoms with van der Waals surface area (Å²) in [5.41, 5.74) is 2.10. The largest absolute Gasteiger partial charge is 0.493 e. The van der Waals surface area contributed by atoms with Crippen LogP contribution in [0.2, 0.25) is 0 Å². The maximum atomic E-state index is 12.9. The van der Waals surface area contributed by atoms with Crippen molar-refractivity contribution in [1.29, 1.82) is 0 Å². The summed E-state index contributed by atoms with van der Waals surface area (Å²) in [6.45, 7) is 3.49. The first-order valence-corrected chi connectivity index (χ1v) is 11.6. The molecule has 1 fully saturated rings. The summed E-state index contributed by atoms with van der Waals surface area (Å²) in [6, 6.07) is 10.2. The van der Waals surface area contributed by atoms with Gasteiger partial charge in [-0.1, -0.05) is 28.1 Å². The Balaban J connectivity index is 1.43. The highest BCUT2D eigenvalue weighted by Gasteiger charge is 2.22. The van der Waals surface area contributed by atoms with Crippen LogP contribution in [0.5, 0.6) is 11.5 Å². The monoisotopic (exact) mass is 508 g/mol. The lowest BCUT2D eigenvalue weighted by Gasteiger charge is -2.32. The Morgan fingerprint density at radius 2 is 1.91 bits per heavy atom. The maximum Gasteiger partial charge on any atom is 0.407 e. The molecule has 1 aliphatic rings. The Hall–Kier alpha value is -2.32. The SMILES string of the molecule is COc1cc(Br)c(CN2CCCC(COC(=O)NCCc3ccc(F)cc3)C2)cc1OC. The third-order valence-corrected chi connectivity index (χ3v) is 6.33. The third-order valence-electron chi connectivity index (χ3n) is 5.60. The first kappa shape index (κ1) is 24.3. The number of nitrogens with zero attached hydrogens (tertiary/aromatic N) is 1. The molecule has 1 saturated heterocycles. The van der Waals surface area contributed by atoms with E-state index in [-0.39, 0.29) is 5.82 Å². The van der Waals surface area contributed by atoms with Crippen LogP contribution in [0.3, 0.4) is 0 Å². The lowest BCUT2D eigenvalue weighted by Crippen LogP contribution is -2.38. The van der Waals surface area contributed by atoms with Crippen LogP contribution in [-0.2, 0) is 17.7 Å². The third kappa shape index (κ3) is 7.10. The van der Waals surface area contributed by atoms with Crippen molar-refractivity contribution in [3.05, 3.63) is 57.8 Å². The van der Waals surface area contributed by atoms with E-state index < -0.39 is 6.09 Å². The maximum absolute atomic E-state index is 12.9. The van der Waals surface area contributed by atoms with E-state index in [2.05, 4.69) is 26.1 Å². The van der Waals surface area contributed by atoms with E-state index in [9.17, 15) is 9.18 Å². The summed E-state index contributed by atoms with van der Waals surface area (Å²) in [5, 5.41) is 2.77. The molecule has 1 unspecified atom stereocenters. The van der Waals surface area contributed by atoms with Crippen LogP contribution in [0.15, 0.2) is 40.9 Å². The summed E-state index contributed by atoms with van der Waals surface area (Å²) >= 11 is 3.63. The van der Waals surface area contributed by atoms with Gasteiger partial charge in [0.15, 0.2) is 11.5 Å². The van der Waals surface area contributed by atoms with Gasteiger partial charge in [-0.2, -0.15) is 0 Å². The number of hydrogen-bond acceptors (Lipinski definition) is 5. The fraction of sp³-hybridized carbons (Fsp3) is 0.458. The van der Waals surface area contributed by atoms with Crippen LogP contribution in [0.25, 0.3) is 0 Å². The summed E-state index contributed by atoms with van der Waals surface area (Å²) in [7, 11) is 3.26. The van der Waals surface area contributed by atoms with Gasteiger partial charge in [-0.3, -0.25) is 4.90 Å². The standard InChI is InChI=1S/C24H30BrFN2O4/c1-30-22-12-19(21(25)13-23(22)31-2)15-28-11-3-4-18(14-28)16-32-24(29)27-10-9-17-5-7-20(26)8-6-17/h5-8,12-13,18H,3-4,9-11,14-16H2,1-2H3,(H,27,29). The van der Waals surface area contributed by atoms with Gasteiger partial charge in [0.25, 0.3) is 0 Å². The van der Waals surface area contributed by atoms with Gasteiger partial charge >= 0.3 is 6.09 Å². The highest BCUT2D eigenvalue weighted by Crippen LogP contribution is 2.34. The molecule has 3 rings (SSSR count). The first-order chi connectivity index (χ1) is 15.5. The van der Waals surface area contributed by atoms with Gasteiger partial charge in [0.05, 0.1) is 20.8 Å². The molecule has 1 N–H and O–H groups in total. The number of piperidine rings is 1. The van der Waals surface area contributed by atoms with Gasteiger partial charge in [-0.15, -0.1) is 0 Å². The number of ether oxygens (including phenoxy) is 3. The van der Waals surface area contributed by atoms with Crippen LogP contribution in [0.1, 0.15) is 24.0 Å². The van der Waals surface area contributed by atoms with Crippen molar-refractivity contribution in [3.8, 4) is 11.5 Å². The minimum absolute atomic E-state index is 0.263. The second-order valence-corrected chi connectivity index (χ2v) is 8.80. The smallest absolute Gasteiger partial charge is 0.407 e. The molecule has 8 heteroatoms. The predicted molar refractivity (Wildman–Crippen MR) is 125 cm³/mol. The Morgan fingerprint density at radius 1 is 1.19 bits per heavy atom. The molecule has 1 amide bonds. The van der Waals surface area contributed by atoms with Crippen molar-refractivity contribution in [2.45, 2.75) is 25.8 Å². The molecule has 1 heterocycles. The van der Waals surface area contributed by atoms with E-state index in [4.69, 9.17) is 14.2 Å². The summed E-state index contributed by atoms with van der Waals surface area (Å²) in [4.78, 5) is 14.4. The van der Waals surface area contributed by atoms with E-state index in [1.165, 1.54) is 12.1 Å². The first-order valence-electron chi connectivity index (χ1n) is 10.8. The molecular formula is C24H30BrFN2O4. The van der Waals surface area contributed by atoms with Crippen LogP contribution in [-0.4, -0.2) is 51.5 Å². The average Bonchev–Trinajstić information content (AvgIpc) is 2.80. The van der Waals surface area contributed by atoms with Gasteiger partial charge in [0.1, 0.15) is 5.82 Å². The number of methoxy groups -OCH3 is 2. The zero-order valence-corrected chi connectivity index (χ0v) is 20.1. The zero-order chi connectivity index (χ0) is 22.9. The van der Waals surface area contributed by atoms with Gasteiger partial charge in [-0.25, -0.2) is 9.18 Å². The molecule has 0 aromatic heterocycles. The van der Waals surface area contributed by atoms with Gasteiger partial charge in [0, 0.05) is 30.0 Å². The van der Waals surface area contributed by atoms with E-state index in [0.29, 0.717) is 37.0 Å². The van der Waals surface area contributed by atoms with Crippen molar-refractivity contribution >= 4 is 22.0 Å². The number of likely N-dealkylation sites (tertiary alicyclic amines) is 1. The normalized spacial score (nSPS) is 16.4. The Labute approximate surface area is 197 Å². The molecule has 32 heavy (non-hydrogen) atoms. The van der Waals surface area contributed by atoms with Crippen LogP contribution >= 0.6 is 15.9 Å². The molecule has 0 spiro atoms. The van der Waals surface area contributed by atoms with Gasteiger partial charge < -0.3 is 19.5 Å². The van der Waals surface area contributed by atoms with Crippen molar-refractivity contribution in [2.75, 3.05) is 40.5 Å². The number of halogens is 2. The number of rotatable bonds is 9. The summed E-state index contributed by atoms with van der Waals surface area (Å²) in [6.07, 6.45) is 2.32. The van der Waals surface area contributed by atoms with Gasteiger partial charge in [-0.05, 0) is 61.2 Å². The number of alkyl carbamates (subject to hydrolysis) is 1. The van der Waals surface area contributed by atoms with E-state index in [1.54, 1.807) is 26.4 Å². The molecule has 2 aromatic rings. The fourth-order valence-corrected chi connectivity index (χ4v) is 4.34. The molecule has 2 aromatic carbocycles. The van der Waals surface area contributed by atoms with E-state index >= 15 is 0 Å². The van der Waals surface area contributed by atoms with E-state index in [0.717, 1.165) is 48.1 Å². The molecule has 1 atom stereocenters. The fourth-order valence-electron chi connectivity index (χ4n) is 3.89. The zero-order valence-electron chi connectivity index (χ0n) is 18.5. The predicted octanol–water partition coefficient (Wildman–Crippen LogP) is 4.79. The van der Waals surface area contributed by atoms with Crippen molar-refractivity contribution in [2.24, 2.45) is 5.92 Å². The second kappa shape index (κ2) is 12.1. The number of benzene rings is 2. The molecular weight excluding hydrogens is 479 g/mol. The Kier molecular flexibility index (Phi) is 9.17. The Morgan fingerprint density at radius 3 is 2.62 bits per heavy atom. The molecule has 6 nitrogen and oxygen atoms in total. The summed E-state index contributed by atoms with van der Waals surface area (Å²) in [5.74, 6) is 1.44. The minimum atomic E-state index is -0.410. The number of carbonyl (C=O) groups excluding carboxylic acids is 1. The topological polar surface area (TPSA) is 60.0 Å². The molecule has 1 aliphatic heterocycles. The molecule has 0 aliphatic carbocycles. The number of nitrogens with one attached hydrogen (secondary N) is 1. The van der Waals surface area contributed by atoms with E-state index in [1.807, 2.05) is 12.1 Å². The highest BCUT2D eigenvalue weighted by molar-refractivity contribution is 9.10.